The van der Waals surface area contributed by atoms with Crippen molar-refractivity contribution >= 4 is 21.9 Å². The van der Waals surface area contributed by atoms with Gasteiger partial charge >= 0.3 is 5.69 Å². The van der Waals surface area contributed by atoms with E-state index >= 15 is 0 Å². The number of nitrogen functional groups attached to an aromatic ring is 1. The van der Waals surface area contributed by atoms with Gasteiger partial charge in [0.15, 0.2) is 0 Å². The van der Waals surface area contributed by atoms with E-state index in [-0.39, 0.29) is 5.69 Å². The van der Waals surface area contributed by atoms with Crippen LogP contribution in [0.1, 0.15) is 17.0 Å². The molecule has 0 fully saturated rings. The summed E-state index contributed by atoms with van der Waals surface area (Å²) in [5, 5.41) is 5.12. The number of nitrogens with two attached hydrogens (primary N) is 1. The molecule has 3 aromatic heterocycles. The van der Waals surface area contributed by atoms with Gasteiger partial charge in [-0.3, -0.25) is 9.55 Å². The molecule has 7 heteroatoms. The van der Waals surface area contributed by atoms with Crippen molar-refractivity contribution in [2.45, 2.75) is 20.8 Å². The number of imidazole rings is 1. The van der Waals surface area contributed by atoms with Gasteiger partial charge in [0.05, 0.1) is 22.2 Å². The van der Waals surface area contributed by atoms with Crippen LogP contribution in [0.25, 0.3) is 44.2 Å². The number of rotatable bonds is 2. The molecule has 5 aromatic rings. The molecule has 0 atom stereocenters. The number of nitrogens with zero attached hydrogens (tertiary/aromatic N) is 4. The summed E-state index contributed by atoms with van der Waals surface area (Å²) in [4.78, 5) is 17.2. The van der Waals surface area contributed by atoms with Gasteiger partial charge in [-0.05, 0) is 61.7 Å². The number of hydrogen-bond acceptors (Lipinski definition) is 5. The van der Waals surface area contributed by atoms with Gasteiger partial charge in [0, 0.05) is 29.8 Å². The number of aromatic nitrogens is 4. The van der Waals surface area contributed by atoms with E-state index in [1.807, 2.05) is 32.0 Å². The number of benzene rings is 2. The minimum Gasteiger partial charge on any atom is -0.361 e. The van der Waals surface area contributed by atoms with Gasteiger partial charge in [0.25, 0.3) is 0 Å². The van der Waals surface area contributed by atoms with Crippen LogP contribution in [0.4, 0.5) is 0 Å². The van der Waals surface area contributed by atoms with E-state index in [1.165, 1.54) is 4.68 Å². The van der Waals surface area contributed by atoms with Crippen LogP contribution < -0.4 is 11.5 Å². The molecule has 0 amide bonds. The smallest absolute Gasteiger partial charge is 0.347 e. The summed E-state index contributed by atoms with van der Waals surface area (Å²) in [5.41, 5.74) is 7.67. The summed E-state index contributed by atoms with van der Waals surface area (Å²) in [6, 6.07) is 12.0. The molecule has 0 aliphatic heterocycles. The van der Waals surface area contributed by atoms with Crippen LogP contribution in [-0.4, -0.2) is 19.4 Å². The van der Waals surface area contributed by atoms with E-state index in [1.54, 1.807) is 17.8 Å². The lowest BCUT2D eigenvalue weighted by Crippen LogP contribution is -2.27. The van der Waals surface area contributed by atoms with Gasteiger partial charge in [-0.15, -0.1) is 0 Å². The van der Waals surface area contributed by atoms with Crippen molar-refractivity contribution in [1.29, 1.82) is 0 Å². The molecule has 0 aliphatic rings. The SMILES string of the molecule is Cc1ccc2ncccc2c1-c1cc(-c2c(C)noc2C)cc2c1n(C)c(=O)n2N. The molecule has 7 nitrogen and oxygen atoms in total. The number of hydrogen-bond donors (Lipinski definition) is 1. The van der Waals surface area contributed by atoms with Crippen LogP contribution in [0.5, 0.6) is 0 Å². The molecule has 0 bridgehead atoms. The Bertz CT molecular complexity index is 1500. The molecule has 150 valence electrons. The first-order valence-corrected chi connectivity index (χ1v) is 9.67. The van der Waals surface area contributed by atoms with E-state index in [2.05, 4.69) is 35.3 Å². The molecule has 5 rings (SSSR count). The van der Waals surface area contributed by atoms with E-state index < -0.39 is 0 Å². The Hall–Kier alpha value is -3.87. The fourth-order valence-corrected chi connectivity index (χ4v) is 4.36. The Morgan fingerprint density at radius 3 is 2.60 bits per heavy atom. The van der Waals surface area contributed by atoms with Gasteiger partial charge < -0.3 is 10.4 Å². The van der Waals surface area contributed by atoms with Crippen LogP contribution in [0.2, 0.25) is 0 Å². The second-order valence-electron chi connectivity index (χ2n) is 7.63. The molecule has 0 aliphatic carbocycles. The van der Waals surface area contributed by atoms with Crippen LogP contribution in [0, 0.1) is 20.8 Å². The lowest BCUT2D eigenvalue weighted by atomic mass is 9.91. The van der Waals surface area contributed by atoms with Crippen LogP contribution in [-0.2, 0) is 7.05 Å². The summed E-state index contributed by atoms with van der Waals surface area (Å²) in [6.45, 7) is 5.85. The molecule has 2 aromatic carbocycles. The first-order valence-electron chi connectivity index (χ1n) is 9.67. The van der Waals surface area contributed by atoms with Crippen molar-refractivity contribution in [3.05, 3.63) is 70.1 Å². The minimum absolute atomic E-state index is 0.279. The predicted octanol–water partition coefficient (Wildman–Crippen LogP) is 3.85. The topological polar surface area (TPSA) is 91.9 Å². The second-order valence-corrected chi connectivity index (χ2v) is 7.63. The molecular formula is C23H21N5O2. The van der Waals surface area contributed by atoms with Crippen molar-refractivity contribution in [3.63, 3.8) is 0 Å². The fraction of sp³-hybridized carbons (Fsp3) is 0.174. The maximum Gasteiger partial charge on any atom is 0.347 e. The van der Waals surface area contributed by atoms with Crippen LogP contribution >= 0.6 is 0 Å². The molecule has 0 radical (unpaired) electrons. The van der Waals surface area contributed by atoms with Crippen molar-refractivity contribution in [3.8, 4) is 22.3 Å². The van der Waals surface area contributed by atoms with Crippen molar-refractivity contribution in [2.75, 3.05) is 5.84 Å². The Labute approximate surface area is 172 Å². The molecule has 30 heavy (non-hydrogen) atoms. The Morgan fingerprint density at radius 1 is 1.07 bits per heavy atom. The number of fused-ring (bicyclic) bond motifs is 2. The summed E-state index contributed by atoms with van der Waals surface area (Å²) in [5.74, 6) is 6.89. The maximum absolute atomic E-state index is 12.7. The highest BCUT2D eigenvalue weighted by Gasteiger charge is 2.21. The third kappa shape index (κ3) is 2.41. The summed E-state index contributed by atoms with van der Waals surface area (Å²) >= 11 is 0. The molecule has 0 saturated carbocycles. The number of aryl methyl sites for hydroxylation is 4. The predicted molar refractivity (Wildman–Crippen MR) is 118 cm³/mol. The van der Waals surface area contributed by atoms with Crippen molar-refractivity contribution in [2.24, 2.45) is 7.05 Å². The molecule has 0 unspecified atom stereocenters. The average molecular weight is 399 g/mol. The first kappa shape index (κ1) is 18.2. The number of pyridine rings is 1. The third-order valence-corrected chi connectivity index (χ3v) is 5.76. The van der Waals surface area contributed by atoms with Gasteiger partial charge in [-0.25, -0.2) is 9.47 Å². The normalized spacial score (nSPS) is 11.6. The minimum atomic E-state index is -0.279. The van der Waals surface area contributed by atoms with Crippen molar-refractivity contribution < 1.29 is 4.52 Å². The van der Waals surface area contributed by atoms with Gasteiger partial charge in [-0.1, -0.05) is 17.3 Å². The maximum atomic E-state index is 12.7. The first-order chi connectivity index (χ1) is 14.4. The Balaban J connectivity index is 2.00. The second kappa shape index (κ2) is 6.32. The zero-order chi connectivity index (χ0) is 21.2. The molecule has 0 spiro atoms. The quantitative estimate of drug-likeness (QED) is 0.455. The Morgan fingerprint density at radius 2 is 1.87 bits per heavy atom. The zero-order valence-electron chi connectivity index (χ0n) is 17.2. The highest BCUT2D eigenvalue weighted by atomic mass is 16.5. The lowest BCUT2D eigenvalue weighted by molar-refractivity contribution is 0.393. The standard InChI is InChI=1S/C23H21N5O2/c1-12-7-8-18-16(6-5-9-25-18)20(12)17-10-15(21-13(2)26-30-14(21)3)11-19-22(17)27(4)23(29)28(19)24/h5-11H,24H2,1-4H3. The van der Waals surface area contributed by atoms with Gasteiger partial charge in [0.2, 0.25) is 0 Å². The summed E-state index contributed by atoms with van der Waals surface area (Å²) in [6.07, 6.45) is 1.78. The van der Waals surface area contributed by atoms with Gasteiger partial charge in [0.1, 0.15) is 5.76 Å². The van der Waals surface area contributed by atoms with Crippen LogP contribution in [0.15, 0.2) is 51.9 Å². The largest absolute Gasteiger partial charge is 0.361 e. The summed E-state index contributed by atoms with van der Waals surface area (Å²) in [7, 11) is 1.74. The zero-order valence-corrected chi connectivity index (χ0v) is 17.2. The average Bonchev–Trinajstić information content (AvgIpc) is 3.19. The molecule has 3 heterocycles. The Kier molecular flexibility index (Phi) is 3.83. The fourth-order valence-electron chi connectivity index (χ4n) is 4.36. The van der Waals surface area contributed by atoms with E-state index in [0.717, 1.165) is 55.7 Å². The lowest BCUT2D eigenvalue weighted by Gasteiger charge is -2.14. The summed E-state index contributed by atoms with van der Waals surface area (Å²) < 4.78 is 8.18. The van der Waals surface area contributed by atoms with E-state index in [4.69, 9.17) is 10.4 Å². The molecular weight excluding hydrogens is 378 g/mol. The highest BCUT2D eigenvalue weighted by Crippen LogP contribution is 2.39. The van der Waals surface area contributed by atoms with E-state index in [0.29, 0.717) is 5.52 Å². The molecule has 0 saturated heterocycles. The van der Waals surface area contributed by atoms with Crippen LogP contribution in [0.3, 0.4) is 0 Å². The van der Waals surface area contributed by atoms with Gasteiger partial charge in [-0.2, -0.15) is 0 Å². The van der Waals surface area contributed by atoms with E-state index in [9.17, 15) is 4.79 Å². The monoisotopic (exact) mass is 399 g/mol. The third-order valence-electron chi connectivity index (χ3n) is 5.76. The molecule has 2 N–H and O–H groups in total. The highest BCUT2D eigenvalue weighted by molar-refractivity contribution is 6.05. The van der Waals surface area contributed by atoms with Crippen molar-refractivity contribution in [1.82, 2.24) is 19.4 Å².